The average Bonchev–Trinajstić information content (AvgIpc) is 2.63. The maximum Gasteiger partial charge on any atom is 0.00796 e. The lowest BCUT2D eigenvalue weighted by Crippen LogP contribution is -2.34. The summed E-state index contributed by atoms with van der Waals surface area (Å²) in [5.74, 6) is 0. The van der Waals surface area contributed by atoms with Crippen LogP contribution in [0.15, 0.2) is 0 Å². The highest BCUT2D eigenvalue weighted by Gasteiger charge is 2.06. The molecule has 25 heavy (non-hydrogen) atoms. The van der Waals surface area contributed by atoms with Gasteiger partial charge in [-0.2, -0.15) is 0 Å². The molecule has 0 heterocycles. The van der Waals surface area contributed by atoms with Crippen LogP contribution < -0.4 is 22.1 Å². The van der Waals surface area contributed by atoms with E-state index in [2.05, 4.69) is 17.6 Å². The largest absolute Gasteiger partial charge is 0.330 e. The molecule has 1 atom stereocenters. The van der Waals surface area contributed by atoms with Gasteiger partial charge in [0.25, 0.3) is 0 Å². The fourth-order valence-corrected chi connectivity index (χ4v) is 3.26. The highest BCUT2D eigenvalue weighted by molar-refractivity contribution is 4.69. The van der Waals surface area contributed by atoms with Crippen molar-refractivity contribution in [3.05, 3.63) is 0 Å². The molecule has 0 aromatic rings. The molecular weight excluding hydrogens is 308 g/mol. The third-order valence-electron chi connectivity index (χ3n) is 4.95. The third-order valence-corrected chi connectivity index (χ3v) is 4.95. The molecule has 0 saturated carbocycles. The minimum Gasteiger partial charge on any atom is -0.330 e. The molecule has 6 N–H and O–H groups in total. The van der Waals surface area contributed by atoms with E-state index in [-0.39, 0.29) is 0 Å². The number of nitrogens with one attached hydrogen (secondary N) is 2. The summed E-state index contributed by atoms with van der Waals surface area (Å²) in [7, 11) is 0. The number of rotatable bonds is 21. The first-order chi connectivity index (χ1) is 12.3. The van der Waals surface area contributed by atoms with Crippen LogP contribution in [0.5, 0.6) is 0 Å². The van der Waals surface area contributed by atoms with Gasteiger partial charge in [0.1, 0.15) is 0 Å². The average molecular weight is 357 g/mol. The molecule has 0 aliphatic carbocycles. The van der Waals surface area contributed by atoms with E-state index in [1.165, 1.54) is 83.6 Å². The Balaban J connectivity index is 3.35. The fourth-order valence-electron chi connectivity index (χ4n) is 3.26. The Morgan fingerprint density at radius 2 is 1.20 bits per heavy atom. The van der Waals surface area contributed by atoms with Crippen molar-refractivity contribution in [1.29, 1.82) is 0 Å². The Morgan fingerprint density at radius 1 is 0.600 bits per heavy atom. The molecule has 0 saturated heterocycles. The molecule has 0 amide bonds. The smallest absolute Gasteiger partial charge is 0.00796 e. The summed E-state index contributed by atoms with van der Waals surface area (Å²) in [6, 6.07) is 0.593. The van der Waals surface area contributed by atoms with Gasteiger partial charge in [-0.3, -0.25) is 0 Å². The Hall–Kier alpha value is -0.160. The van der Waals surface area contributed by atoms with Crippen LogP contribution in [0.2, 0.25) is 0 Å². The molecule has 4 nitrogen and oxygen atoms in total. The predicted octanol–water partition coefficient (Wildman–Crippen LogP) is 3.93. The van der Waals surface area contributed by atoms with Crippen LogP contribution >= 0.6 is 0 Å². The van der Waals surface area contributed by atoms with E-state index in [0.29, 0.717) is 6.04 Å². The molecule has 0 bridgehead atoms. The Labute approximate surface area is 158 Å². The van der Waals surface area contributed by atoms with Crippen molar-refractivity contribution < 1.29 is 0 Å². The maximum atomic E-state index is 5.64. The van der Waals surface area contributed by atoms with Crippen molar-refractivity contribution in [2.24, 2.45) is 11.5 Å². The molecule has 0 fully saturated rings. The lowest BCUT2D eigenvalue weighted by Gasteiger charge is -2.18. The highest BCUT2D eigenvalue weighted by Crippen LogP contribution is 2.10. The standard InChI is InChI=1S/C21H48N4/c1-2-3-4-5-6-7-8-9-10-11-18-24-20-15-21(14-12-16-22)25-19-13-17-23/h21,24-25H,2-20,22-23H2,1H3. The lowest BCUT2D eigenvalue weighted by atomic mass is 10.1. The van der Waals surface area contributed by atoms with Crippen molar-refractivity contribution >= 4 is 0 Å². The number of hydrogen-bond donors (Lipinski definition) is 4. The van der Waals surface area contributed by atoms with Gasteiger partial charge >= 0.3 is 0 Å². The molecule has 4 heteroatoms. The fraction of sp³-hybridized carbons (Fsp3) is 1.00. The van der Waals surface area contributed by atoms with Crippen LogP contribution in [0.3, 0.4) is 0 Å². The first kappa shape index (κ1) is 24.8. The van der Waals surface area contributed by atoms with E-state index < -0.39 is 0 Å². The van der Waals surface area contributed by atoms with E-state index in [0.717, 1.165) is 39.0 Å². The minimum absolute atomic E-state index is 0.593. The summed E-state index contributed by atoms with van der Waals surface area (Å²) < 4.78 is 0. The molecule has 0 aliphatic rings. The van der Waals surface area contributed by atoms with E-state index >= 15 is 0 Å². The van der Waals surface area contributed by atoms with Gasteiger partial charge in [-0.05, 0) is 64.8 Å². The van der Waals surface area contributed by atoms with Crippen molar-refractivity contribution in [1.82, 2.24) is 10.6 Å². The number of unbranched alkanes of at least 4 members (excludes halogenated alkanes) is 9. The molecule has 0 radical (unpaired) electrons. The molecule has 0 spiro atoms. The second-order valence-electron chi connectivity index (χ2n) is 7.44. The van der Waals surface area contributed by atoms with Crippen molar-refractivity contribution in [2.75, 3.05) is 32.7 Å². The molecule has 0 rings (SSSR count). The van der Waals surface area contributed by atoms with Gasteiger partial charge in [0.15, 0.2) is 0 Å². The third kappa shape index (κ3) is 20.0. The van der Waals surface area contributed by atoms with E-state index in [1.54, 1.807) is 0 Å². The normalized spacial score (nSPS) is 12.6. The Kier molecular flexibility index (Phi) is 21.7. The number of nitrogens with two attached hydrogens (primary N) is 2. The first-order valence-electron chi connectivity index (χ1n) is 11.2. The molecule has 0 aromatic heterocycles. The highest BCUT2D eigenvalue weighted by atomic mass is 14.9. The van der Waals surface area contributed by atoms with Crippen LogP contribution in [0, 0.1) is 0 Å². The van der Waals surface area contributed by atoms with Crippen molar-refractivity contribution in [3.63, 3.8) is 0 Å². The molecule has 0 aliphatic heterocycles. The van der Waals surface area contributed by atoms with E-state index in [1.807, 2.05) is 0 Å². The second kappa shape index (κ2) is 21.9. The second-order valence-corrected chi connectivity index (χ2v) is 7.44. The quantitative estimate of drug-likeness (QED) is 0.235. The van der Waals surface area contributed by atoms with Gasteiger partial charge < -0.3 is 22.1 Å². The van der Waals surface area contributed by atoms with Crippen LogP contribution in [0.1, 0.15) is 96.8 Å². The SMILES string of the molecule is CCCCCCCCCCCCNCCC(CCCN)NCCCN. The van der Waals surface area contributed by atoms with Crippen LogP contribution in [0.4, 0.5) is 0 Å². The van der Waals surface area contributed by atoms with E-state index in [4.69, 9.17) is 11.5 Å². The topological polar surface area (TPSA) is 76.1 Å². The summed E-state index contributed by atoms with van der Waals surface area (Å²) in [5, 5.41) is 7.24. The number of hydrogen-bond acceptors (Lipinski definition) is 4. The first-order valence-corrected chi connectivity index (χ1v) is 11.2. The summed E-state index contributed by atoms with van der Waals surface area (Å²) >= 11 is 0. The zero-order valence-electron chi connectivity index (χ0n) is 17.2. The zero-order chi connectivity index (χ0) is 18.4. The molecule has 152 valence electrons. The van der Waals surface area contributed by atoms with Gasteiger partial charge in [0.05, 0.1) is 0 Å². The van der Waals surface area contributed by atoms with Crippen LogP contribution in [0.25, 0.3) is 0 Å². The summed E-state index contributed by atoms with van der Waals surface area (Å²) in [5.41, 5.74) is 11.2. The summed E-state index contributed by atoms with van der Waals surface area (Å²) in [6.07, 6.45) is 18.6. The van der Waals surface area contributed by atoms with Gasteiger partial charge in [-0.1, -0.05) is 64.7 Å². The molecular formula is C21H48N4. The molecule has 0 aromatic carbocycles. The van der Waals surface area contributed by atoms with Crippen molar-refractivity contribution in [2.45, 2.75) is 103 Å². The van der Waals surface area contributed by atoms with Gasteiger partial charge in [-0.15, -0.1) is 0 Å². The Morgan fingerprint density at radius 3 is 1.80 bits per heavy atom. The molecule has 1 unspecified atom stereocenters. The minimum atomic E-state index is 0.593. The predicted molar refractivity (Wildman–Crippen MR) is 113 cm³/mol. The monoisotopic (exact) mass is 356 g/mol. The zero-order valence-corrected chi connectivity index (χ0v) is 17.2. The van der Waals surface area contributed by atoms with Gasteiger partial charge in [-0.25, -0.2) is 0 Å². The lowest BCUT2D eigenvalue weighted by molar-refractivity contribution is 0.427. The van der Waals surface area contributed by atoms with Gasteiger partial charge in [0.2, 0.25) is 0 Å². The van der Waals surface area contributed by atoms with Crippen molar-refractivity contribution in [3.8, 4) is 0 Å². The maximum absolute atomic E-state index is 5.64. The van der Waals surface area contributed by atoms with E-state index in [9.17, 15) is 0 Å². The summed E-state index contributed by atoms with van der Waals surface area (Å²) in [4.78, 5) is 0. The van der Waals surface area contributed by atoms with Crippen LogP contribution in [-0.2, 0) is 0 Å². The summed E-state index contributed by atoms with van der Waals surface area (Å²) in [6.45, 7) is 7.16. The Bertz CT molecular complexity index is 236. The van der Waals surface area contributed by atoms with Gasteiger partial charge in [0, 0.05) is 6.04 Å². The van der Waals surface area contributed by atoms with Crippen LogP contribution in [-0.4, -0.2) is 38.8 Å².